The topological polar surface area (TPSA) is 44.1 Å². The largest absolute Gasteiger partial charge is 0.364 e. The molecule has 0 bridgehead atoms. The average molecular weight is 440 g/mol. The molecule has 2 aliphatic rings. The molecule has 0 spiro atoms. The fraction of sp³-hybridized carbons (Fsp3) is 0.417. The number of fused-ring (bicyclic) bond motifs is 1. The van der Waals surface area contributed by atoms with E-state index in [1.165, 1.54) is 12.1 Å². The molecule has 2 atom stereocenters. The fourth-order valence-corrected chi connectivity index (χ4v) is 5.00. The van der Waals surface area contributed by atoms with Crippen LogP contribution < -0.4 is 4.90 Å². The molecule has 1 aromatic carbocycles. The van der Waals surface area contributed by atoms with Crippen LogP contribution >= 0.6 is 0 Å². The second-order valence-corrected chi connectivity index (χ2v) is 8.95. The number of amides is 1. The van der Waals surface area contributed by atoms with Gasteiger partial charge in [-0.3, -0.25) is 4.79 Å². The smallest absolute Gasteiger partial charge is 0.257 e. The first-order valence-electron chi connectivity index (χ1n) is 11.1. The van der Waals surface area contributed by atoms with Crippen molar-refractivity contribution in [2.24, 2.45) is 0 Å². The van der Waals surface area contributed by atoms with E-state index >= 15 is 0 Å². The molecule has 2 fully saturated rings. The van der Waals surface area contributed by atoms with E-state index in [1.54, 1.807) is 10.7 Å². The van der Waals surface area contributed by atoms with Crippen molar-refractivity contribution >= 4 is 17.1 Å². The van der Waals surface area contributed by atoms with Gasteiger partial charge in [0.05, 0.1) is 23.3 Å². The van der Waals surface area contributed by atoms with Crippen LogP contribution in [0, 0.1) is 11.6 Å². The molecule has 32 heavy (non-hydrogen) atoms. The summed E-state index contributed by atoms with van der Waals surface area (Å²) in [6.45, 7) is 2.17. The number of carbonyl (C=O) groups is 1. The second-order valence-electron chi connectivity index (χ2n) is 8.95. The molecule has 0 N–H and O–H groups in total. The monoisotopic (exact) mass is 439 g/mol. The Kier molecular flexibility index (Phi) is 5.33. The van der Waals surface area contributed by atoms with E-state index in [0.29, 0.717) is 23.7 Å². The molecule has 2 aliphatic heterocycles. The van der Waals surface area contributed by atoms with E-state index in [9.17, 15) is 13.6 Å². The maximum absolute atomic E-state index is 14.5. The summed E-state index contributed by atoms with van der Waals surface area (Å²) in [5.41, 5.74) is 2.55. The summed E-state index contributed by atoms with van der Waals surface area (Å²) in [6.07, 6.45) is 6.04. The molecule has 5 rings (SSSR count). The van der Waals surface area contributed by atoms with Gasteiger partial charge in [-0.2, -0.15) is 5.10 Å². The number of halogens is 2. The lowest BCUT2D eigenvalue weighted by Crippen LogP contribution is -2.34. The highest BCUT2D eigenvalue weighted by Gasteiger charge is 2.31. The van der Waals surface area contributed by atoms with Gasteiger partial charge in [-0.05, 0) is 63.7 Å². The van der Waals surface area contributed by atoms with Crippen molar-refractivity contribution in [3.05, 3.63) is 65.5 Å². The molecule has 3 aromatic rings. The standard InChI is InChI=1S/C24H27F2N5O/c1-28(2)18-7-10-29(15-18)24(32)20-14-27-31-11-8-17(13-23(20)31)30-9-3-4-22(30)19-12-16(25)5-6-21(19)26/h5-6,8,11-14,18,22H,3-4,7,9-10,15H2,1-2H3. The Morgan fingerprint density at radius 1 is 1.12 bits per heavy atom. The number of likely N-dealkylation sites (tertiary alicyclic amines) is 1. The number of aromatic nitrogens is 2. The minimum atomic E-state index is -0.436. The molecule has 2 unspecified atom stereocenters. The third-order valence-corrected chi connectivity index (χ3v) is 6.82. The minimum Gasteiger partial charge on any atom is -0.364 e. The maximum Gasteiger partial charge on any atom is 0.257 e. The number of nitrogens with zero attached hydrogens (tertiary/aromatic N) is 5. The zero-order valence-electron chi connectivity index (χ0n) is 18.3. The number of hydrogen-bond donors (Lipinski definition) is 0. The maximum atomic E-state index is 14.5. The van der Waals surface area contributed by atoms with Crippen LogP contribution in [0.25, 0.3) is 5.52 Å². The number of rotatable bonds is 4. The van der Waals surface area contributed by atoms with Gasteiger partial charge in [0.2, 0.25) is 0 Å². The minimum absolute atomic E-state index is 0.0179. The molecule has 168 valence electrons. The predicted molar refractivity (Wildman–Crippen MR) is 119 cm³/mol. The molecular weight excluding hydrogens is 412 g/mol. The van der Waals surface area contributed by atoms with Crippen molar-refractivity contribution in [3.63, 3.8) is 0 Å². The Balaban J connectivity index is 1.46. The second kappa shape index (κ2) is 8.16. The molecule has 8 heteroatoms. The van der Waals surface area contributed by atoms with Crippen molar-refractivity contribution in [2.75, 3.05) is 38.6 Å². The van der Waals surface area contributed by atoms with E-state index in [-0.39, 0.29) is 11.9 Å². The number of hydrogen-bond acceptors (Lipinski definition) is 4. The zero-order valence-corrected chi connectivity index (χ0v) is 18.3. The molecular formula is C24H27F2N5O. The van der Waals surface area contributed by atoms with E-state index in [2.05, 4.69) is 14.9 Å². The number of benzene rings is 1. The van der Waals surface area contributed by atoms with Crippen molar-refractivity contribution in [3.8, 4) is 0 Å². The van der Waals surface area contributed by atoms with Gasteiger partial charge in [-0.1, -0.05) is 0 Å². The van der Waals surface area contributed by atoms with Crippen molar-refractivity contribution < 1.29 is 13.6 Å². The summed E-state index contributed by atoms with van der Waals surface area (Å²) in [7, 11) is 4.07. The lowest BCUT2D eigenvalue weighted by Gasteiger charge is -2.27. The highest BCUT2D eigenvalue weighted by atomic mass is 19.1. The van der Waals surface area contributed by atoms with Gasteiger partial charge >= 0.3 is 0 Å². The predicted octanol–water partition coefficient (Wildman–Crippen LogP) is 3.73. The van der Waals surface area contributed by atoms with Gasteiger partial charge in [0.1, 0.15) is 11.6 Å². The fourth-order valence-electron chi connectivity index (χ4n) is 5.00. The Labute approximate surface area is 186 Å². The Hall–Kier alpha value is -3.00. The van der Waals surface area contributed by atoms with E-state index < -0.39 is 11.6 Å². The van der Waals surface area contributed by atoms with Crippen LogP contribution in [0.1, 0.15) is 41.2 Å². The normalized spacial score (nSPS) is 21.3. The van der Waals surface area contributed by atoms with Crippen molar-refractivity contribution in [1.29, 1.82) is 0 Å². The first-order chi connectivity index (χ1) is 15.4. The van der Waals surface area contributed by atoms with Crippen LogP contribution in [-0.2, 0) is 0 Å². The lowest BCUT2D eigenvalue weighted by molar-refractivity contribution is 0.0785. The summed E-state index contributed by atoms with van der Waals surface area (Å²) in [5.74, 6) is -0.848. The number of likely N-dealkylation sites (N-methyl/N-ethyl adjacent to an activating group) is 1. The first-order valence-corrected chi connectivity index (χ1v) is 11.1. The summed E-state index contributed by atoms with van der Waals surface area (Å²) >= 11 is 0. The zero-order chi connectivity index (χ0) is 22.4. The van der Waals surface area contributed by atoms with E-state index in [4.69, 9.17) is 0 Å². The third-order valence-electron chi connectivity index (χ3n) is 6.82. The van der Waals surface area contributed by atoms with Crippen LogP contribution in [0.3, 0.4) is 0 Å². The van der Waals surface area contributed by atoms with E-state index in [0.717, 1.165) is 49.6 Å². The average Bonchev–Trinajstić information content (AvgIpc) is 3.53. The van der Waals surface area contributed by atoms with Crippen molar-refractivity contribution in [1.82, 2.24) is 19.4 Å². The highest BCUT2D eigenvalue weighted by Crippen LogP contribution is 2.38. The van der Waals surface area contributed by atoms with Gasteiger partial charge in [-0.25, -0.2) is 13.3 Å². The molecule has 2 aromatic heterocycles. The molecule has 4 heterocycles. The molecule has 1 amide bonds. The van der Waals surface area contributed by atoms with Crippen LogP contribution in [0.5, 0.6) is 0 Å². The van der Waals surface area contributed by atoms with Crippen LogP contribution in [0.15, 0.2) is 42.7 Å². The molecule has 2 saturated heterocycles. The van der Waals surface area contributed by atoms with Gasteiger partial charge in [0, 0.05) is 43.1 Å². The Bertz CT molecular complexity index is 1160. The number of pyridine rings is 1. The van der Waals surface area contributed by atoms with Gasteiger partial charge in [0.25, 0.3) is 5.91 Å². The first kappa shape index (κ1) is 20.9. The summed E-state index contributed by atoms with van der Waals surface area (Å²) in [5, 5.41) is 4.37. The van der Waals surface area contributed by atoms with Gasteiger partial charge in [-0.15, -0.1) is 0 Å². The van der Waals surface area contributed by atoms with E-state index in [1.807, 2.05) is 37.3 Å². The third kappa shape index (κ3) is 3.62. The van der Waals surface area contributed by atoms with Crippen molar-refractivity contribution in [2.45, 2.75) is 31.3 Å². The number of anilines is 1. The number of carbonyl (C=O) groups excluding carboxylic acids is 1. The summed E-state index contributed by atoms with van der Waals surface area (Å²) in [4.78, 5) is 19.4. The lowest BCUT2D eigenvalue weighted by atomic mass is 10.0. The van der Waals surface area contributed by atoms with Crippen LogP contribution in [0.2, 0.25) is 0 Å². The van der Waals surface area contributed by atoms with Gasteiger partial charge in [0.15, 0.2) is 0 Å². The molecule has 0 aliphatic carbocycles. The molecule has 0 radical (unpaired) electrons. The molecule has 6 nitrogen and oxygen atoms in total. The van der Waals surface area contributed by atoms with Crippen LogP contribution in [0.4, 0.5) is 14.5 Å². The summed E-state index contributed by atoms with van der Waals surface area (Å²) in [6, 6.07) is 7.61. The van der Waals surface area contributed by atoms with Crippen LogP contribution in [-0.4, -0.2) is 65.1 Å². The Morgan fingerprint density at radius 2 is 1.97 bits per heavy atom. The SMILES string of the molecule is CN(C)C1CCN(C(=O)c2cnn3ccc(N4CCCC4c4cc(F)ccc4F)cc23)C1. The molecule has 0 saturated carbocycles. The van der Waals surface area contributed by atoms with Gasteiger partial charge < -0.3 is 14.7 Å². The Morgan fingerprint density at radius 3 is 2.75 bits per heavy atom. The summed E-state index contributed by atoms with van der Waals surface area (Å²) < 4.78 is 30.0. The quantitative estimate of drug-likeness (QED) is 0.622. The highest BCUT2D eigenvalue weighted by molar-refractivity contribution is 6.01.